The van der Waals surface area contributed by atoms with Crippen molar-refractivity contribution < 1.29 is 4.42 Å². The number of anilines is 3. The van der Waals surface area contributed by atoms with E-state index in [0.717, 1.165) is 61.3 Å². The molecule has 10 aromatic rings. The smallest absolute Gasteiger partial charge is 0.159 e. The number of rotatable bonds is 7. The van der Waals surface area contributed by atoms with Gasteiger partial charge in [-0.25, -0.2) is 0 Å². The molecule has 0 radical (unpaired) electrons. The summed E-state index contributed by atoms with van der Waals surface area (Å²) in [5, 5.41) is 2.20. The van der Waals surface area contributed by atoms with E-state index >= 15 is 0 Å². The summed E-state index contributed by atoms with van der Waals surface area (Å²) >= 11 is 0. The van der Waals surface area contributed by atoms with Crippen LogP contribution in [0.25, 0.3) is 66.4 Å². The largest absolute Gasteiger partial charge is 0.454 e. The number of benzene rings is 9. The predicted octanol–water partition coefficient (Wildman–Crippen LogP) is 15.4. The van der Waals surface area contributed by atoms with Crippen molar-refractivity contribution in [2.75, 3.05) is 4.90 Å². The summed E-state index contributed by atoms with van der Waals surface area (Å²) in [4.78, 5) is 2.41. The van der Waals surface area contributed by atoms with E-state index in [4.69, 9.17) is 4.42 Å². The van der Waals surface area contributed by atoms with Crippen LogP contribution in [0.4, 0.5) is 17.1 Å². The lowest BCUT2D eigenvalue weighted by Crippen LogP contribution is -2.23. The van der Waals surface area contributed by atoms with Gasteiger partial charge in [0, 0.05) is 27.6 Å². The number of furan rings is 1. The minimum atomic E-state index is -0.418. The van der Waals surface area contributed by atoms with Crippen molar-refractivity contribution in [2.24, 2.45) is 0 Å². The van der Waals surface area contributed by atoms with Gasteiger partial charge in [0.25, 0.3) is 0 Å². The molecule has 0 fully saturated rings. The summed E-state index contributed by atoms with van der Waals surface area (Å²) in [5.74, 6) is 0. The Kier molecular flexibility index (Phi) is 7.97. The third-order valence-corrected chi connectivity index (χ3v) is 12.1. The SMILES string of the molecule is CC1(c2cc(N(c3ccc(-c4ccccc4)cc3)c3cc(-c4ccccc4)cc(-c4ccccc4)c3)c3oc4ccccc4c3c2)c2ccccc2-c2ccccc21. The lowest BCUT2D eigenvalue weighted by molar-refractivity contribution is 0.667. The van der Waals surface area contributed by atoms with Crippen LogP contribution in [0.1, 0.15) is 23.6 Å². The lowest BCUT2D eigenvalue weighted by Gasteiger charge is -2.32. The van der Waals surface area contributed by atoms with E-state index in [2.05, 4.69) is 230 Å². The number of fused-ring (bicyclic) bond motifs is 6. The molecular weight excluding hydrogens is 703 g/mol. The van der Waals surface area contributed by atoms with Gasteiger partial charge < -0.3 is 9.32 Å². The molecule has 2 heteroatoms. The lowest BCUT2D eigenvalue weighted by atomic mass is 9.73. The quantitative estimate of drug-likeness (QED) is 0.162. The van der Waals surface area contributed by atoms with Gasteiger partial charge >= 0.3 is 0 Å². The minimum Gasteiger partial charge on any atom is -0.454 e. The zero-order valence-corrected chi connectivity index (χ0v) is 32.1. The molecule has 0 unspecified atom stereocenters. The molecule has 274 valence electrons. The van der Waals surface area contributed by atoms with Gasteiger partial charge in [-0.15, -0.1) is 0 Å². The molecule has 2 nitrogen and oxygen atoms in total. The Hall–Kier alpha value is -7.42. The van der Waals surface area contributed by atoms with Gasteiger partial charge in [0.2, 0.25) is 0 Å². The van der Waals surface area contributed by atoms with E-state index in [0.29, 0.717) is 0 Å². The van der Waals surface area contributed by atoms with Gasteiger partial charge in [0.1, 0.15) is 5.58 Å². The van der Waals surface area contributed by atoms with Crippen LogP contribution >= 0.6 is 0 Å². The second-order valence-corrected chi connectivity index (χ2v) is 15.4. The molecule has 0 bridgehead atoms. The Morgan fingerprint density at radius 2 is 0.862 bits per heavy atom. The van der Waals surface area contributed by atoms with E-state index in [-0.39, 0.29) is 0 Å². The summed E-state index contributed by atoms with van der Waals surface area (Å²) in [7, 11) is 0. The van der Waals surface area contributed by atoms with Crippen LogP contribution in [0.5, 0.6) is 0 Å². The summed E-state index contributed by atoms with van der Waals surface area (Å²) in [6, 6.07) is 79.0. The molecular formula is C56H39NO. The molecule has 0 saturated carbocycles. The molecule has 0 saturated heterocycles. The average molecular weight is 742 g/mol. The number of para-hydroxylation sites is 1. The zero-order chi connectivity index (χ0) is 38.6. The Morgan fingerprint density at radius 3 is 1.45 bits per heavy atom. The van der Waals surface area contributed by atoms with Crippen molar-refractivity contribution in [3.05, 3.63) is 235 Å². The van der Waals surface area contributed by atoms with Crippen molar-refractivity contribution in [1.29, 1.82) is 0 Å². The molecule has 0 spiro atoms. The minimum absolute atomic E-state index is 0.418. The fourth-order valence-electron chi connectivity index (χ4n) is 9.22. The molecule has 58 heavy (non-hydrogen) atoms. The first-order chi connectivity index (χ1) is 28.6. The monoisotopic (exact) mass is 741 g/mol. The van der Waals surface area contributed by atoms with Gasteiger partial charge in [-0.2, -0.15) is 0 Å². The third-order valence-electron chi connectivity index (χ3n) is 12.1. The van der Waals surface area contributed by atoms with E-state index in [1.165, 1.54) is 38.9 Å². The van der Waals surface area contributed by atoms with E-state index < -0.39 is 5.41 Å². The summed E-state index contributed by atoms with van der Waals surface area (Å²) < 4.78 is 6.98. The summed E-state index contributed by atoms with van der Waals surface area (Å²) in [6.45, 7) is 2.40. The Balaban J connectivity index is 1.23. The third kappa shape index (κ3) is 5.49. The van der Waals surface area contributed by atoms with Gasteiger partial charge in [0.15, 0.2) is 5.58 Å². The highest BCUT2D eigenvalue weighted by Gasteiger charge is 2.41. The van der Waals surface area contributed by atoms with Crippen LogP contribution in [-0.4, -0.2) is 0 Å². The topological polar surface area (TPSA) is 16.4 Å². The van der Waals surface area contributed by atoms with Gasteiger partial charge in [0.05, 0.1) is 5.69 Å². The van der Waals surface area contributed by atoms with Gasteiger partial charge in [-0.3, -0.25) is 0 Å². The van der Waals surface area contributed by atoms with Crippen molar-refractivity contribution in [3.8, 4) is 44.5 Å². The zero-order valence-electron chi connectivity index (χ0n) is 32.1. The van der Waals surface area contributed by atoms with Crippen LogP contribution in [0.2, 0.25) is 0 Å². The molecule has 0 aliphatic heterocycles. The maximum absolute atomic E-state index is 6.98. The molecule has 11 rings (SSSR count). The first kappa shape index (κ1) is 33.9. The van der Waals surface area contributed by atoms with E-state index in [1.54, 1.807) is 0 Å². The standard InChI is InChI=1S/C56H39NO/c1-56(51-26-14-11-23-47(51)48-24-12-15-27-52(48)56)44-36-50-49-25-13-16-28-54(49)58-55(50)53(37-44)57(45-31-29-41(30-32-45)38-17-5-2-6-18-38)46-34-42(39-19-7-3-8-20-39)33-43(35-46)40-21-9-4-10-22-40/h2-37H,1H3. The van der Waals surface area contributed by atoms with Crippen molar-refractivity contribution in [3.63, 3.8) is 0 Å². The second kappa shape index (κ2) is 13.7. The Morgan fingerprint density at radius 1 is 0.379 bits per heavy atom. The van der Waals surface area contributed by atoms with Crippen LogP contribution in [0.15, 0.2) is 223 Å². The van der Waals surface area contributed by atoms with E-state index in [9.17, 15) is 0 Å². The molecule has 0 N–H and O–H groups in total. The molecule has 1 heterocycles. The predicted molar refractivity (Wildman–Crippen MR) is 242 cm³/mol. The van der Waals surface area contributed by atoms with Crippen molar-refractivity contribution >= 4 is 39.0 Å². The van der Waals surface area contributed by atoms with Crippen LogP contribution in [0.3, 0.4) is 0 Å². The van der Waals surface area contributed by atoms with Crippen LogP contribution < -0.4 is 4.90 Å². The van der Waals surface area contributed by atoms with Crippen molar-refractivity contribution in [1.82, 2.24) is 0 Å². The summed E-state index contributed by atoms with van der Waals surface area (Å²) in [6.07, 6.45) is 0. The molecule has 0 atom stereocenters. The molecule has 1 aliphatic rings. The maximum atomic E-state index is 6.98. The highest BCUT2D eigenvalue weighted by molar-refractivity contribution is 6.11. The average Bonchev–Trinajstić information content (AvgIpc) is 3.81. The molecule has 9 aromatic carbocycles. The number of hydrogen-bond donors (Lipinski definition) is 0. The number of nitrogens with zero attached hydrogens (tertiary/aromatic N) is 1. The molecule has 1 aliphatic carbocycles. The van der Waals surface area contributed by atoms with E-state index in [1.807, 2.05) is 0 Å². The highest BCUT2D eigenvalue weighted by atomic mass is 16.3. The fourth-order valence-corrected chi connectivity index (χ4v) is 9.22. The summed E-state index contributed by atoms with van der Waals surface area (Å²) in [5.41, 5.74) is 17.8. The van der Waals surface area contributed by atoms with Crippen LogP contribution in [-0.2, 0) is 5.41 Å². The normalized spacial score (nSPS) is 12.7. The van der Waals surface area contributed by atoms with Gasteiger partial charge in [-0.05, 0) is 117 Å². The first-order valence-corrected chi connectivity index (χ1v) is 20.0. The fraction of sp³-hybridized carbons (Fsp3) is 0.0357. The Labute approximate surface area is 338 Å². The first-order valence-electron chi connectivity index (χ1n) is 20.0. The highest BCUT2D eigenvalue weighted by Crippen LogP contribution is 2.55. The molecule has 1 aromatic heterocycles. The number of hydrogen-bond acceptors (Lipinski definition) is 2. The van der Waals surface area contributed by atoms with Crippen LogP contribution in [0, 0.1) is 0 Å². The van der Waals surface area contributed by atoms with Crippen molar-refractivity contribution in [2.45, 2.75) is 12.3 Å². The molecule has 0 amide bonds. The maximum Gasteiger partial charge on any atom is 0.159 e. The van der Waals surface area contributed by atoms with Gasteiger partial charge in [-0.1, -0.05) is 170 Å². The Bertz CT molecular complexity index is 3000. The second-order valence-electron chi connectivity index (χ2n) is 15.4.